The smallest absolute Gasteiger partial charge is 0.228 e. The topological polar surface area (TPSA) is 61.9 Å². The van der Waals surface area contributed by atoms with Gasteiger partial charge in [-0.2, -0.15) is 4.74 Å². The first-order valence-corrected chi connectivity index (χ1v) is 9.04. The molecule has 2 aromatic rings. The Bertz CT molecular complexity index is 838. The van der Waals surface area contributed by atoms with Gasteiger partial charge in [-0.15, -0.1) is 12.4 Å². The number of aliphatic imine (C=N–C) groups is 1. The molecule has 0 bridgehead atoms. The predicted molar refractivity (Wildman–Crippen MR) is 113 cm³/mol. The Morgan fingerprint density at radius 1 is 1.19 bits per heavy atom. The molecule has 0 radical (unpaired) electrons. The van der Waals surface area contributed by atoms with E-state index in [9.17, 15) is 5.21 Å². The summed E-state index contributed by atoms with van der Waals surface area (Å²) in [6.45, 7) is 1.06. The number of benzene rings is 2. The lowest BCUT2D eigenvalue weighted by molar-refractivity contribution is -0.440. The zero-order valence-electron chi connectivity index (χ0n) is 15.1. The van der Waals surface area contributed by atoms with Gasteiger partial charge in [-0.3, -0.25) is 0 Å². The molecule has 0 aromatic heterocycles. The summed E-state index contributed by atoms with van der Waals surface area (Å²) >= 11 is 6.20. The molecule has 0 unspecified atom stereocenters. The number of aliphatic hydroxyl groups is 1. The van der Waals surface area contributed by atoms with Gasteiger partial charge in [-0.1, -0.05) is 29.8 Å². The van der Waals surface area contributed by atoms with Crippen LogP contribution in [-0.4, -0.2) is 53.0 Å². The second kappa shape index (κ2) is 9.74. The maximum absolute atomic E-state index is 13.0. The van der Waals surface area contributed by atoms with Crippen molar-refractivity contribution in [3.63, 3.8) is 0 Å². The molecule has 1 aliphatic heterocycles. The van der Waals surface area contributed by atoms with Crippen LogP contribution < -0.4 is 0 Å². The largest absolute Gasteiger partial charge is 0.623 e. The second-order valence-electron chi connectivity index (χ2n) is 6.29. The highest BCUT2D eigenvalue weighted by molar-refractivity contribution is 6.31. The van der Waals surface area contributed by atoms with E-state index >= 15 is 0 Å². The molecule has 3 rings (SSSR count). The van der Waals surface area contributed by atoms with Crippen LogP contribution in [0.15, 0.2) is 53.5 Å². The Morgan fingerprint density at radius 2 is 1.93 bits per heavy atom. The lowest BCUT2D eigenvalue weighted by Crippen LogP contribution is -2.34. The fourth-order valence-electron chi connectivity index (χ4n) is 3.00. The van der Waals surface area contributed by atoms with Crippen LogP contribution in [0, 0.1) is 5.21 Å². The van der Waals surface area contributed by atoms with Crippen molar-refractivity contribution in [1.29, 1.82) is 0 Å². The van der Waals surface area contributed by atoms with Gasteiger partial charge in [-0.05, 0) is 43.2 Å². The molecule has 0 saturated carbocycles. The Kier molecular flexibility index (Phi) is 7.66. The molecule has 7 heteroatoms. The van der Waals surface area contributed by atoms with E-state index in [-0.39, 0.29) is 25.6 Å². The van der Waals surface area contributed by atoms with Gasteiger partial charge in [0.2, 0.25) is 12.3 Å². The third-order valence-corrected chi connectivity index (χ3v) is 4.62. The van der Waals surface area contributed by atoms with E-state index in [1.807, 2.05) is 48.3 Å². The number of aliphatic hydroxyl groups excluding tert-OH is 1. The van der Waals surface area contributed by atoms with Gasteiger partial charge in [0.15, 0.2) is 5.84 Å². The average molecular weight is 408 g/mol. The van der Waals surface area contributed by atoms with E-state index in [4.69, 9.17) is 21.7 Å². The molecule has 27 heavy (non-hydrogen) atoms. The van der Waals surface area contributed by atoms with Gasteiger partial charge >= 0.3 is 0 Å². The molecule has 0 saturated heterocycles. The lowest BCUT2D eigenvalue weighted by Gasteiger charge is -2.20. The zero-order chi connectivity index (χ0) is 18.5. The molecular weight excluding hydrogens is 385 g/mol. The van der Waals surface area contributed by atoms with Crippen molar-refractivity contribution in [3.8, 4) is 0 Å². The van der Waals surface area contributed by atoms with Gasteiger partial charge in [0.1, 0.15) is 0 Å². The quantitative estimate of drug-likeness (QED) is 0.464. The second-order valence-corrected chi connectivity index (χ2v) is 6.73. The molecule has 1 N–H and O–H groups in total. The highest BCUT2D eigenvalue weighted by Gasteiger charge is 2.26. The first kappa shape index (κ1) is 21.2. The Labute approximate surface area is 170 Å². The van der Waals surface area contributed by atoms with Crippen LogP contribution in [0.2, 0.25) is 5.02 Å². The van der Waals surface area contributed by atoms with Crippen molar-refractivity contribution in [3.05, 3.63) is 69.9 Å². The van der Waals surface area contributed by atoms with E-state index in [0.717, 1.165) is 40.9 Å². The first-order valence-electron chi connectivity index (χ1n) is 8.66. The number of fused-ring (bicyclic) bond motifs is 1. The number of hydrogen-bond acceptors (Lipinski definition) is 4. The normalized spacial score (nSPS) is 13.4. The van der Waals surface area contributed by atoms with E-state index < -0.39 is 0 Å². The molecule has 0 spiro atoms. The molecule has 0 amide bonds. The molecule has 144 valence electrons. The van der Waals surface area contributed by atoms with E-state index in [1.165, 1.54) is 0 Å². The number of unbranched alkanes of at least 4 members (excludes halogenated alkanes) is 1. The van der Waals surface area contributed by atoms with Crippen molar-refractivity contribution in [2.75, 3.05) is 26.7 Å². The summed E-state index contributed by atoms with van der Waals surface area (Å²) in [4.78, 5) is 6.72. The van der Waals surface area contributed by atoms with Crippen LogP contribution >= 0.6 is 24.0 Å². The minimum atomic E-state index is 0. The minimum absolute atomic E-state index is 0. The van der Waals surface area contributed by atoms with Gasteiger partial charge in [0, 0.05) is 30.8 Å². The first-order chi connectivity index (χ1) is 12.6. The van der Waals surface area contributed by atoms with Gasteiger partial charge in [0.05, 0.1) is 11.3 Å². The van der Waals surface area contributed by atoms with Crippen molar-refractivity contribution >= 4 is 41.2 Å². The van der Waals surface area contributed by atoms with E-state index in [0.29, 0.717) is 16.6 Å². The number of hydroxylamine groups is 1. The number of hydrogen-bond donors (Lipinski definition) is 1. The summed E-state index contributed by atoms with van der Waals surface area (Å²) in [5.41, 5.74) is 2.88. The predicted octanol–water partition coefficient (Wildman–Crippen LogP) is 3.86. The maximum atomic E-state index is 13.0. The number of rotatable bonds is 5. The molecule has 1 heterocycles. The van der Waals surface area contributed by atoms with Crippen LogP contribution in [-0.2, 0) is 0 Å². The average Bonchev–Trinajstić information content (AvgIpc) is 2.78. The van der Waals surface area contributed by atoms with Crippen molar-refractivity contribution in [2.24, 2.45) is 4.99 Å². The molecule has 0 fully saturated rings. The van der Waals surface area contributed by atoms with Crippen molar-refractivity contribution in [2.45, 2.75) is 12.8 Å². The van der Waals surface area contributed by atoms with Crippen molar-refractivity contribution in [1.82, 2.24) is 4.90 Å². The van der Waals surface area contributed by atoms with E-state index in [1.54, 1.807) is 12.1 Å². The summed E-state index contributed by atoms with van der Waals surface area (Å²) in [7, 11) is 1.92. The van der Waals surface area contributed by atoms with Gasteiger partial charge in [-0.25, -0.2) is 4.99 Å². The standard InChI is InChI=1S/C20H22ClN3O2.ClH/c1-23(11-5-6-12-25)19-14-24(26)20(15-7-3-2-4-8-15)17-13-16(21)9-10-18(17)22-19;/h2-4,7-10,13,25H,5-6,11-12,14H2,1H3;1H. The molecule has 0 aliphatic carbocycles. The van der Waals surface area contributed by atoms with Crippen LogP contribution in [0.4, 0.5) is 5.69 Å². The van der Waals surface area contributed by atoms with E-state index in [2.05, 4.69) is 0 Å². The number of likely N-dealkylation sites (N-methyl/N-ethyl adjacent to an activating group) is 1. The molecule has 5 nitrogen and oxygen atoms in total. The fourth-order valence-corrected chi connectivity index (χ4v) is 3.18. The molecule has 2 aromatic carbocycles. The van der Waals surface area contributed by atoms with Gasteiger partial charge < -0.3 is 15.2 Å². The van der Waals surface area contributed by atoms with Crippen LogP contribution in [0.3, 0.4) is 0 Å². The third-order valence-electron chi connectivity index (χ3n) is 4.39. The minimum Gasteiger partial charge on any atom is -0.623 e. The Balaban J connectivity index is 0.00000261. The third kappa shape index (κ3) is 5.01. The lowest BCUT2D eigenvalue weighted by atomic mass is 10.0. The summed E-state index contributed by atoms with van der Waals surface area (Å²) in [6.07, 6.45) is 1.57. The Hall–Kier alpha value is -2.08. The number of halogens is 2. The number of nitrogens with zero attached hydrogens (tertiary/aromatic N) is 3. The number of amidine groups is 1. The molecule has 0 atom stereocenters. The SMILES string of the molecule is CN(CCCCO)C1=Nc2ccc(Cl)cc2C(c2ccccc2)=[N+]([O-])C1.Cl. The van der Waals surface area contributed by atoms with Gasteiger partial charge in [0.25, 0.3) is 0 Å². The summed E-state index contributed by atoms with van der Waals surface area (Å²) < 4.78 is 0.985. The van der Waals surface area contributed by atoms with Crippen LogP contribution in [0.5, 0.6) is 0 Å². The molecular formula is C20H23Cl2N3O2. The maximum Gasteiger partial charge on any atom is 0.228 e. The highest BCUT2D eigenvalue weighted by Crippen LogP contribution is 2.28. The summed E-state index contributed by atoms with van der Waals surface area (Å²) in [5, 5.41) is 22.6. The van der Waals surface area contributed by atoms with Crippen LogP contribution in [0.1, 0.15) is 24.0 Å². The summed E-state index contributed by atoms with van der Waals surface area (Å²) in [6, 6.07) is 15.0. The highest BCUT2D eigenvalue weighted by atomic mass is 35.5. The van der Waals surface area contributed by atoms with Crippen LogP contribution in [0.25, 0.3) is 0 Å². The fraction of sp³-hybridized carbons (Fsp3) is 0.300. The molecule has 1 aliphatic rings. The summed E-state index contributed by atoms with van der Waals surface area (Å²) in [5.74, 6) is 0.701. The Morgan fingerprint density at radius 3 is 2.63 bits per heavy atom. The zero-order valence-corrected chi connectivity index (χ0v) is 16.7. The van der Waals surface area contributed by atoms with Crippen molar-refractivity contribution < 1.29 is 9.85 Å². The monoisotopic (exact) mass is 407 g/mol.